The summed E-state index contributed by atoms with van der Waals surface area (Å²) >= 11 is 0. The summed E-state index contributed by atoms with van der Waals surface area (Å²) in [6.07, 6.45) is 14.0. The first-order chi connectivity index (χ1) is 18.4. The van der Waals surface area contributed by atoms with Gasteiger partial charge >= 0.3 is 0 Å². The Morgan fingerprint density at radius 1 is 0.921 bits per heavy atom. The first-order valence-corrected chi connectivity index (χ1v) is 16.1. The largest absolute Gasteiger partial charge is 0.326 e. The highest BCUT2D eigenvalue weighted by atomic mass is 32.2. The third-order valence-corrected chi connectivity index (χ3v) is 9.09. The number of hydrogen-bond acceptors (Lipinski definition) is 4. The molecule has 3 N–H and O–H groups in total. The van der Waals surface area contributed by atoms with Crippen LogP contribution in [0.5, 0.6) is 0 Å². The Hall–Kier alpha value is -2.38. The van der Waals surface area contributed by atoms with E-state index in [2.05, 4.69) is 29.2 Å². The van der Waals surface area contributed by atoms with Crippen molar-refractivity contribution >= 4 is 27.3 Å². The van der Waals surface area contributed by atoms with E-state index in [4.69, 9.17) is 0 Å². The fourth-order valence-electron chi connectivity index (χ4n) is 5.29. The predicted molar refractivity (Wildman–Crippen MR) is 158 cm³/mol. The molecule has 2 aromatic carbocycles. The number of para-hydroxylation sites is 1. The van der Waals surface area contributed by atoms with Crippen LogP contribution in [0.2, 0.25) is 0 Å². The second-order valence-corrected chi connectivity index (χ2v) is 12.5. The van der Waals surface area contributed by atoms with Gasteiger partial charge in [-0.1, -0.05) is 96.3 Å². The molecule has 1 atom stereocenters. The number of carbonyl (C=O) groups excluding carboxylic acids is 1. The predicted octanol–water partition coefficient (Wildman–Crippen LogP) is 7.48. The molecule has 0 heterocycles. The zero-order chi connectivity index (χ0) is 27.2. The highest BCUT2D eigenvalue weighted by molar-refractivity contribution is 7.92. The quantitative estimate of drug-likeness (QED) is 0.192. The molecule has 0 radical (unpaired) electrons. The molecule has 0 aliphatic heterocycles. The van der Waals surface area contributed by atoms with Crippen molar-refractivity contribution in [2.45, 2.75) is 102 Å². The summed E-state index contributed by atoms with van der Waals surface area (Å²) in [5.41, 5.74) is 2.11. The van der Waals surface area contributed by atoms with E-state index in [0.29, 0.717) is 30.3 Å². The second-order valence-electron chi connectivity index (χ2n) is 10.9. The number of rotatable bonds is 16. The Balaban J connectivity index is 1.49. The molecule has 1 aliphatic carbocycles. The van der Waals surface area contributed by atoms with Gasteiger partial charge in [0.2, 0.25) is 5.91 Å². The Labute approximate surface area is 230 Å². The van der Waals surface area contributed by atoms with Crippen LogP contribution in [-0.2, 0) is 21.4 Å². The van der Waals surface area contributed by atoms with Gasteiger partial charge in [0, 0.05) is 18.7 Å². The van der Waals surface area contributed by atoms with Crippen molar-refractivity contribution < 1.29 is 13.2 Å². The van der Waals surface area contributed by atoms with E-state index in [0.717, 1.165) is 30.9 Å². The number of unbranched alkanes of at least 4 members (excludes halogenated alkanes) is 5. The minimum atomic E-state index is -3.76. The zero-order valence-electron chi connectivity index (χ0n) is 23.3. The summed E-state index contributed by atoms with van der Waals surface area (Å²) in [5.74, 6) is 1.37. The molecule has 1 fully saturated rings. The Bertz CT molecular complexity index is 1080. The van der Waals surface area contributed by atoms with E-state index >= 15 is 0 Å². The van der Waals surface area contributed by atoms with Crippen LogP contribution in [0.15, 0.2) is 53.4 Å². The van der Waals surface area contributed by atoms with Crippen molar-refractivity contribution in [3.05, 3.63) is 54.1 Å². The van der Waals surface area contributed by atoms with Gasteiger partial charge in [-0.2, -0.15) is 0 Å². The van der Waals surface area contributed by atoms with Gasteiger partial charge in [-0.05, 0) is 60.7 Å². The summed E-state index contributed by atoms with van der Waals surface area (Å²) in [6.45, 7) is 6.05. The number of sulfonamides is 1. The second kappa shape index (κ2) is 15.9. The lowest BCUT2D eigenvalue weighted by atomic mass is 9.81. The van der Waals surface area contributed by atoms with Gasteiger partial charge in [0.05, 0.1) is 10.6 Å². The molecule has 0 spiro atoms. The van der Waals surface area contributed by atoms with E-state index < -0.39 is 10.0 Å². The summed E-state index contributed by atoms with van der Waals surface area (Å²) < 4.78 is 29.0. The number of amides is 1. The summed E-state index contributed by atoms with van der Waals surface area (Å²) in [7, 11) is -3.76. The monoisotopic (exact) mass is 541 g/mol. The van der Waals surface area contributed by atoms with Crippen molar-refractivity contribution in [3.63, 3.8) is 0 Å². The SMILES string of the molecule is CCCCCCCCC(=O)Nc1ccc(S(=O)(=O)Nc2ccccc2CNCC(C)C2CCCCC2)cc1. The van der Waals surface area contributed by atoms with Crippen LogP contribution in [0, 0.1) is 11.8 Å². The van der Waals surface area contributed by atoms with Crippen LogP contribution in [0.3, 0.4) is 0 Å². The van der Waals surface area contributed by atoms with Crippen molar-refractivity contribution in [2.75, 3.05) is 16.6 Å². The van der Waals surface area contributed by atoms with Gasteiger partial charge in [-0.25, -0.2) is 8.42 Å². The molecule has 1 aliphatic rings. The van der Waals surface area contributed by atoms with Crippen molar-refractivity contribution in [1.29, 1.82) is 0 Å². The lowest BCUT2D eigenvalue weighted by Crippen LogP contribution is -2.27. The Morgan fingerprint density at radius 2 is 1.61 bits per heavy atom. The number of anilines is 2. The number of carbonyl (C=O) groups is 1. The van der Waals surface area contributed by atoms with Gasteiger partial charge in [0.25, 0.3) is 10.0 Å². The molecule has 6 nitrogen and oxygen atoms in total. The maximum absolute atomic E-state index is 13.1. The maximum Gasteiger partial charge on any atom is 0.261 e. The molecule has 38 heavy (non-hydrogen) atoms. The third kappa shape index (κ3) is 10.1. The van der Waals surface area contributed by atoms with Crippen LogP contribution in [0.1, 0.15) is 96.5 Å². The van der Waals surface area contributed by atoms with Crippen molar-refractivity contribution in [3.8, 4) is 0 Å². The summed E-state index contributed by atoms with van der Waals surface area (Å²) in [6, 6.07) is 13.9. The molecule has 0 saturated heterocycles. The topological polar surface area (TPSA) is 87.3 Å². The number of benzene rings is 2. The van der Waals surface area contributed by atoms with E-state index in [9.17, 15) is 13.2 Å². The molecular weight excluding hydrogens is 494 g/mol. The fourth-order valence-corrected chi connectivity index (χ4v) is 6.39. The molecule has 0 bridgehead atoms. The van der Waals surface area contributed by atoms with Gasteiger partial charge in [-0.3, -0.25) is 9.52 Å². The summed E-state index contributed by atoms with van der Waals surface area (Å²) in [5, 5.41) is 6.42. The lowest BCUT2D eigenvalue weighted by molar-refractivity contribution is -0.116. The van der Waals surface area contributed by atoms with Crippen molar-refractivity contribution in [2.24, 2.45) is 11.8 Å². The molecule has 1 saturated carbocycles. The zero-order valence-corrected chi connectivity index (χ0v) is 24.1. The summed E-state index contributed by atoms with van der Waals surface area (Å²) in [4.78, 5) is 12.4. The van der Waals surface area contributed by atoms with E-state index in [1.165, 1.54) is 69.9 Å². The van der Waals surface area contributed by atoms with Crippen LogP contribution < -0.4 is 15.4 Å². The van der Waals surface area contributed by atoms with E-state index in [1.54, 1.807) is 18.2 Å². The lowest BCUT2D eigenvalue weighted by Gasteiger charge is -2.28. The smallest absolute Gasteiger partial charge is 0.261 e. The first kappa shape index (κ1) is 30.2. The van der Waals surface area contributed by atoms with Crippen molar-refractivity contribution in [1.82, 2.24) is 5.32 Å². The van der Waals surface area contributed by atoms with Crippen LogP contribution >= 0.6 is 0 Å². The highest BCUT2D eigenvalue weighted by Gasteiger charge is 2.20. The van der Waals surface area contributed by atoms with Crippen LogP contribution in [-0.4, -0.2) is 20.9 Å². The van der Waals surface area contributed by atoms with Gasteiger partial charge in [0.15, 0.2) is 0 Å². The normalized spacial score (nSPS) is 15.2. The van der Waals surface area contributed by atoms with E-state index in [-0.39, 0.29) is 10.8 Å². The standard InChI is InChI=1S/C31H47N3O3S/c1-3-4-5-6-7-11-18-31(35)33-28-19-21-29(22-20-28)38(36,37)34-30-17-13-12-16-27(30)24-32-23-25(2)26-14-9-8-10-15-26/h12-13,16-17,19-22,25-26,32,34H,3-11,14-15,18,23-24H2,1-2H3,(H,33,35). The molecule has 2 aromatic rings. The minimum Gasteiger partial charge on any atom is -0.326 e. The highest BCUT2D eigenvalue weighted by Crippen LogP contribution is 2.29. The molecule has 1 unspecified atom stereocenters. The first-order valence-electron chi connectivity index (χ1n) is 14.6. The maximum atomic E-state index is 13.1. The van der Waals surface area contributed by atoms with E-state index in [1.807, 2.05) is 18.2 Å². The van der Waals surface area contributed by atoms with Crippen LogP contribution in [0.4, 0.5) is 11.4 Å². The molecule has 210 valence electrons. The molecular formula is C31H47N3O3S. The number of hydrogen-bond donors (Lipinski definition) is 3. The average Bonchev–Trinajstić information content (AvgIpc) is 2.92. The number of nitrogens with one attached hydrogen (secondary N) is 3. The average molecular weight is 542 g/mol. The molecule has 3 rings (SSSR count). The van der Waals surface area contributed by atoms with Gasteiger partial charge in [0.1, 0.15) is 0 Å². The van der Waals surface area contributed by atoms with Gasteiger partial charge < -0.3 is 10.6 Å². The molecule has 1 amide bonds. The minimum absolute atomic E-state index is 0.0338. The van der Waals surface area contributed by atoms with Crippen LogP contribution in [0.25, 0.3) is 0 Å². The fraction of sp³-hybridized carbons (Fsp3) is 0.581. The van der Waals surface area contributed by atoms with Gasteiger partial charge in [-0.15, -0.1) is 0 Å². The Kier molecular flexibility index (Phi) is 12.6. The third-order valence-electron chi connectivity index (χ3n) is 7.70. The Morgan fingerprint density at radius 3 is 2.34 bits per heavy atom. The molecule has 7 heteroatoms. The molecule has 0 aromatic heterocycles.